The lowest BCUT2D eigenvalue weighted by molar-refractivity contribution is -0.115. The van der Waals surface area contributed by atoms with Gasteiger partial charge in [0.2, 0.25) is 17.7 Å². The van der Waals surface area contributed by atoms with Gasteiger partial charge in [-0.05, 0) is 18.2 Å². The zero-order valence-corrected chi connectivity index (χ0v) is 20.0. The molecule has 1 amide bonds. The number of carbonyl (C=O) groups is 1. The number of amides is 1. The molecule has 2 aliphatic rings. The molecule has 0 saturated carbocycles. The number of carbonyl (C=O) groups excluding carboxylic acids is 1. The van der Waals surface area contributed by atoms with Crippen molar-refractivity contribution in [2.75, 3.05) is 36.2 Å². The van der Waals surface area contributed by atoms with Gasteiger partial charge in [0, 0.05) is 29.5 Å². The number of hydrogen-bond acceptors (Lipinski definition) is 10. The average molecular weight is 513 g/mol. The Hall–Kier alpha value is -3.87. The summed E-state index contributed by atoms with van der Waals surface area (Å²) in [5.74, 6) is -0.177. The Kier molecular flexibility index (Phi) is 6.39. The number of amidine groups is 1. The van der Waals surface area contributed by atoms with Crippen molar-refractivity contribution in [1.29, 1.82) is 0 Å². The summed E-state index contributed by atoms with van der Waals surface area (Å²) in [6.07, 6.45) is 5.05. The van der Waals surface area contributed by atoms with Crippen molar-refractivity contribution < 1.29 is 18.3 Å². The summed E-state index contributed by atoms with van der Waals surface area (Å²) in [6, 6.07) is 4.37. The van der Waals surface area contributed by atoms with Crippen LogP contribution in [-0.2, 0) is 16.8 Å². The third-order valence-electron chi connectivity index (χ3n) is 6.13. The molecule has 2 atom stereocenters. The highest BCUT2D eigenvalue weighted by Crippen LogP contribution is 2.47. The number of benzene rings is 1. The van der Waals surface area contributed by atoms with E-state index in [9.17, 15) is 9.18 Å². The first-order valence-electron chi connectivity index (χ1n) is 11.0. The Balaban J connectivity index is 1.42. The zero-order valence-electron chi connectivity index (χ0n) is 19.2. The Bertz CT molecular complexity index is 1310. The highest BCUT2D eigenvalue weighted by atomic mass is 32.2. The van der Waals surface area contributed by atoms with Gasteiger partial charge in [0.05, 0.1) is 50.6 Å². The van der Waals surface area contributed by atoms with Crippen molar-refractivity contribution in [3.8, 4) is 5.88 Å². The summed E-state index contributed by atoms with van der Waals surface area (Å²) in [6.45, 7) is 0.738. The predicted octanol–water partition coefficient (Wildman–Crippen LogP) is 2.13. The number of ether oxygens (including phenoxy) is 1. The van der Waals surface area contributed by atoms with E-state index in [1.165, 1.54) is 43.4 Å². The number of hydrogen-bond donors (Lipinski definition) is 2. The van der Waals surface area contributed by atoms with E-state index in [2.05, 4.69) is 25.3 Å². The molecule has 186 valence electrons. The van der Waals surface area contributed by atoms with Crippen LogP contribution in [0.2, 0.25) is 0 Å². The summed E-state index contributed by atoms with van der Waals surface area (Å²) < 4.78 is 33.6. The van der Waals surface area contributed by atoms with E-state index >= 15 is 4.39 Å². The first-order valence-corrected chi connectivity index (χ1v) is 12.0. The van der Waals surface area contributed by atoms with Crippen molar-refractivity contribution in [3.63, 3.8) is 0 Å². The number of rotatable bonds is 6. The van der Waals surface area contributed by atoms with Crippen molar-refractivity contribution >= 4 is 34.5 Å². The number of methoxy groups -OCH3 is 1. The van der Waals surface area contributed by atoms with Crippen LogP contribution in [-0.4, -0.2) is 57.0 Å². The summed E-state index contributed by atoms with van der Waals surface area (Å²) in [5.41, 5.74) is 6.26. The van der Waals surface area contributed by atoms with E-state index < -0.39 is 17.2 Å². The summed E-state index contributed by atoms with van der Waals surface area (Å²) >= 11 is 1.40. The van der Waals surface area contributed by atoms with Crippen LogP contribution < -0.4 is 20.7 Å². The minimum Gasteiger partial charge on any atom is -0.480 e. The SMILES string of the molecule is COc1cnc(CC(=O)Nc2ccc(F)c([C@]34CN(c5ncc(F)cn5)C[C@H]3CSC(N)=N4)c2)cn1. The highest BCUT2D eigenvalue weighted by molar-refractivity contribution is 8.13. The molecule has 5 rings (SSSR count). The standard InChI is InChI=1S/C23H22F2N8O2S/c1-35-20-9-27-16(8-28-20)5-19(34)31-15-2-3-18(25)17(4-15)23-12-33(22-29-6-14(24)7-30-22)10-13(23)11-36-21(26)32-23/h2-4,6-9,13H,5,10-12H2,1H3,(H2,26,32)(H,31,34)/t13-,23-/m0/s1. The van der Waals surface area contributed by atoms with Gasteiger partial charge in [-0.25, -0.2) is 28.7 Å². The number of nitrogens with two attached hydrogens (primary N) is 1. The number of fused-ring (bicyclic) bond motifs is 1. The minimum atomic E-state index is -1.01. The number of halogens is 2. The first kappa shape index (κ1) is 23.9. The molecular formula is C23H22F2N8O2S. The van der Waals surface area contributed by atoms with Gasteiger partial charge < -0.3 is 20.7 Å². The number of anilines is 2. The Morgan fingerprint density at radius 1 is 1.22 bits per heavy atom. The largest absolute Gasteiger partial charge is 0.480 e. The van der Waals surface area contributed by atoms with E-state index in [1.54, 1.807) is 6.07 Å². The molecule has 0 radical (unpaired) electrons. The topological polar surface area (TPSA) is 132 Å². The third kappa shape index (κ3) is 4.65. The van der Waals surface area contributed by atoms with Crippen LogP contribution >= 0.6 is 11.8 Å². The van der Waals surface area contributed by atoms with Crippen LogP contribution in [0.3, 0.4) is 0 Å². The molecule has 0 spiro atoms. The first-order chi connectivity index (χ1) is 17.4. The lowest BCUT2D eigenvalue weighted by atomic mass is 9.81. The van der Waals surface area contributed by atoms with E-state index in [4.69, 9.17) is 15.5 Å². The molecular weight excluding hydrogens is 490 g/mol. The van der Waals surface area contributed by atoms with Gasteiger partial charge in [-0.2, -0.15) is 0 Å². The minimum absolute atomic E-state index is 0.0190. The second kappa shape index (κ2) is 9.64. The van der Waals surface area contributed by atoms with Gasteiger partial charge >= 0.3 is 0 Å². The van der Waals surface area contributed by atoms with Gasteiger partial charge in [-0.3, -0.25) is 9.78 Å². The van der Waals surface area contributed by atoms with Crippen LogP contribution in [0.15, 0.2) is 48.0 Å². The Labute approximate surface area is 209 Å². The number of nitrogens with one attached hydrogen (secondary N) is 1. The van der Waals surface area contributed by atoms with Crippen molar-refractivity contribution in [2.24, 2.45) is 16.6 Å². The molecule has 10 nitrogen and oxygen atoms in total. The molecule has 3 aromatic rings. The van der Waals surface area contributed by atoms with E-state index in [0.717, 1.165) is 12.4 Å². The van der Waals surface area contributed by atoms with Gasteiger partial charge in [-0.15, -0.1) is 0 Å². The van der Waals surface area contributed by atoms with E-state index in [-0.39, 0.29) is 24.8 Å². The maximum Gasteiger partial charge on any atom is 0.231 e. The van der Waals surface area contributed by atoms with E-state index in [0.29, 0.717) is 46.2 Å². The molecule has 1 aromatic carbocycles. The lowest BCUT2D eigenvalue weighted by Gasteiger charge is -2.35. The third-order valence-corrected chi connectivity index (χ3v) is 7.08. The van der Waals surface area contributed by atoms with Crippen LogP contribution in [0.4, 0.5) is 20.4 Å². The Morgan fingerprint density at radius 2 is 2.03 bits per heavy atom. The highest BCUT2D eigenvalue weighted by Gasteiger charge is 2.52. The van der Waals surface area contributed by atoms with Crippen LogP contribution in [0.25, 0.3) is 0 Å². The van der Waals surface area contributed by atoms with Gasteiger partial charge in [-0.1, -0.05) is 11.8 Å². The molecule has 1 saturated heterocycles. The van der Waals surface area contributed by atoms with Crippen molar-refractivity contribution in [3.05, 3.63) is 65.9 Å². The van der Waals surface area contributed by atoms with Crippen LogP contribution in [0.5, 0.6) is 5.88 Å². The molecule has 2 aliphatic heterocycles. The second-order valence-corrected chi connectivity index (χ2v) is 9.47. The molecule has 0 bridgehead atoms. The molecule has 36 heavy (non-hydrogen) atoms. The molecule has 0 unspecified atom stereocenters. The van der Waals surface area contributed by atoms with E-state index in [1.807, 2.05) is 4.90 Å². The Morgan fingerprint density at radius 3 is 2.75 bits per heavy atom. The molecule has 0 aliphatic carbocycles. The summed E-state index contributed by atoms with van der Waals surface area (Å²) in [7, 11) is 1.48. The van der Waals surface area contributed by atoms with Gasteiger partial charge in [0.25, 0.3) is 0 Å². The molecule has 1 fully saturated rings. The average Bonchev–Trinajstić information content (AvgIpc) is 3.25. The van der Waals surface area contributed by atoms with Crippen LogP contribution in [0, 0.1) is 17.6 Å². The number of aromatic nitrogens is 4. The smallest absolute Gasteiger partial charge is 0.231 e. The van der Waals surface area contributed by atoms with Crippen LogP contribution in [0.1, 0.15) is 11.3 Å². The lowest BCUT2D eigenvalue weighted by Crippen LogP contribution is -2.40. The monoisotopic (exact) mass is 512 g/mol. The normalized spacial score (nSPS) is 21.0. The fourth-order valence-electron chi connectivity index (χ4n) is 4.46. The fourth-order valence-corrected chi connectivity index (χ4v) is 5.44. The fraction of sp³-hybridized carbons (Fsp3) is 0.304. The molecule has 13 heteroatoms. The number of aliphatic imine (C=N–C) groups is 1. The zero-order chi connectivity index (χ0) is 25.3. The number of thioether (sulfide) groups is 1. The van der Waals surface area contributed by atoms with Crippen molar-refractivity contribution in [2.45, 2.75) is 12.0 Å². The quantitative estimate of drug-likeness (QED) is 0.510. The summed E-state index contributed by atoms with van der Waals surface area (Å²) in [5, 5.41) is 3.14. The molecule has 3 N–H and O–H groups in total. The predicted molar refractivity (Wildman–Crippen MR) is 131 cm³/mol. The maximum atomic E-state index is 15.3. The van der Waals surface area contributed by atoms with Gasteiger partial charge in [0.15, 0.2) is 11.0 Å². The molecule has 4 heterocycles. The number of nitrogens with zero attached hydrogens (tertiary/aromatic N) is 6. The molecule has 2 aromatic heterocycles. The van der Waals surface area contributed by atoms with Gasteiger partial charge in [0.1, 0.15) is 11.4 Å². The van der Waals surface area contributed by atoms with Crippen molar-refractivity contribution in [1.82, 2.24) is 19.9 Å². The summed E-state index contributed by atoms with van der Waals surface area (Å²) in [4.78, 5) is 35.5. The second-order valence-electron chi connectivity index (χ2n) is 8.43. The maximum absolute atomic E-state index is 15.3.